The van der Waals surface area contributed by atoms with E-state index in [1.54, 1.807) is 0 Å². The number of nitrogens with two attached hydrogens (primary N) is 1. The standard InChI is InChI=1S/C17H28N3O2/c1-20(8-2-3-9-20)10-13-21-11-6-19-7-12-22-17-14-15(18)4-5-16(17)19/h4-5,14H,2-3,6-13,18H2,1H3/q+1. The maximum absolute atomic E-state index is 5.88. The van der Waals surface area contributed by atoms with Crippen molar-refractivity contribution < 1.29 is 14.0 Å². The largest absolute Gasteiger partial charge is 0.489 e. The van der Waals surface area contributed by atoms with Crippen LogP contribution >= 0.6 is 0 Å². The third kappa shape index (κ3) is 3.65. The molecule has 0 aromatic heterocycles. The predicted octanol–water partition coefficient (Wildman–Crippen LogP) is 1.72. The van der Waals surface area contributed by atoms with Crippen LogP contribution in [0.25, 0.3) is 0 Å². The maximum Gasteiger partial charge on any atom is 0.144 e. The molecule has 5 heteroatoms. The van der Waals surface area contributed by atoms with Crippen LogP contribution in [0.1, 0.15) is 12.8 Å². The molecule has 1 fully saturated rings. The van der Waals surface area contributed by atoms with E-state index in [9.17, 15) is 0 Å². The zero-order valence-corrected chi connectivity index (χ0v) is 13.6. The van der Waals surface area contributed by atoms with Gasteiger partial charge in [0.1, 0.15) is 18.9 Å². The molecule has 0 unspecified atom stereocenters. The number of quaternary nitrogens is 1. The van der Waals surface area contributed by atoms with Crippen molar-refractivity contribution in [3.63, 3.8) is 0 Å². The fraction of sp³-hybridized carbons (Fsp3) is 0.647. The number of benzene rings is 1. The lowest BCUT2D eigenvalue weighted by atomic mass is 10.2. The summed E-state index contributed by atoms with van der Waals surface area (Å²) in [5.74, 6) is 0.890. The SMILES string of the molecule is C[N+]1(CCOCCN2CCOc3cc(N)ccc32)CCCC1. The van der Waals surface area contributed by atoms with Crippen molar-refractivity contribution in [1.82, 2.24) is 0 Å². The minimum atomic E-state index is 0.714. The number of rotatable bonds is 6. The van der Waals surface area contributed by atoms with Crippen molar-refractivity contribution >= 4 is 11.4 Å². The molecule has 22 heavy (non-hydrogen) atoms. The molecule has 2 aliphatic heterocycles. The topological polar surface area (TPSA) is 47.7 Å². The first-order chi connectivity index (χ1) is 10.7. The summed E-state index contributed by atoms with van der Waals surface area (Å²) < 4.78 is 12.7. The highest BCUT2D eigenvalue weighted by molar-refractivity contribution is 5.65. The van der Waals surface area contributed by atoms with Crippen molar-refractivity contribution in [1.29, 1.82) is 0 Å². The van der Waals surface area contributed by atoms with Crippen molar-refractivity contribution in [2.24, 2.45) is 0 Å². The Morgan fingerprint density at radius 2 is 2.09 bits per heavy atom. The molecular formula is C17H28N3O2+. The number of ether oxygens (including phenoxy) is 2. The molecule has 5 nitrogen and oxygen atoms in total. The lowest BCUT2D eigenvalue weighted by Crippen LogP contribution is -2.43. The highest BCUT2D eigenvalue weighted by atomic mass is 16.5. The van der Waals surface area contributed by atoms with Crippen LogP contribution in [-0.2, 0) is 4.74 Å². The Morgan fingerprint density at radius 3 is 2.91 bits per heavy atom. The van der Waals surface area contributed by atoms with Gasteiger partial charge < -0.3 is 24.6 Å². The van der Waals surface area contributed by atoms with E-state index in [1.807, 2.05) is 18.2 Å². The van der Waals surface area contributed by atoms with Gasteiger partial charge in [-0.1, -0.05) is 0 Å². The molecule has 0 saturated carbocycles. The van der Waals surface area contributed by atoms with Gasteiger partial charge in [-0.05, 0) is 12.1 Å². The molecular weight excluding hydrogens is 278 g/mol. The summed E-state index contributed by atoms with van der Waals surface area (Å²) in [6, 6.07) is 5.88. The Kier molecular flexibility index (Phi) is 4.74. The van der Waals surface area contributed by atoms with Crippen LogP contribution in [-0.4, -0.2) is 64.1 Å². The fourth-order valence-corrected chi connectivity index (χ4v) is 3.41. The van der Waals surface area contributed by atoms with Crippen LogP contribution in [0.4, 0.5) is 11.4 Å². The van der Waals surface area contributed by atoms with E-state index in [4.69, 9.17) is 15.2 Å². The van der Waals surface area contributed by atoms with Gasteiger partial charge in [0.25, 0.3) is 0 Å². The number of likely N-dealkylation sites (N-methyl/N-ethyl adjacent to an activating group) is 1. The van der Waals surface area contributed by atoms with Crippen molar-refractivity contribution in [3.8, 4) is 5.75 Å². The molecule has 1 aromatic carbocycles. The van der Waals surface area contributed by atoms with Crippen molar-refractivity contribution in [2.75, 3.05) is 70.2 Å². The first-order valence-corrected chi connectivity index (χ1v) is 8.35. The van der Waals surface area contributed by atoms with Crippen molar-refractivity contribution in [3.05, 3.63) is 18.2 Å². The zero-order valence-electron chi connectivity index (χ0n) is 13.6. The fourth-order valence-electron chi connectivity index (χ4n) is 3.41. The predicted molar refractivity (Wildman–Crippen MR) is 89.4 cm³/mol. The third-order valence-electron chi connectivity index (χ3n) is 4.87. The van der Waals surface area contributed by atoms with Crippen LogP contribution in [0, 0.1) is 0 Å². The quantitative estimate of drug-likeness (QED) is 0.494. The number of hydrogen-bond donors (Lipinski definition) is 1. The summed E-state index contributed by atoms with van der Waals surface area (Å²) in [5.41, 5.74) is 7.69. The Morgan fingerprint density at radius 1 is 1.27 bits per heavy atom. The van der Waals surface area contributed by atoms with Gasteiger partial charge in [0.15, 0.2) is 0 Å². The molecule has 0 atom stereocenters. The average Bonchev–Trinajstić information content (AvgIpc) is 2.93. The van der Waals surface area contributed by atoms with E-state index in [0.29, 0.717) is 6.61 Å². The molecule has 0 radical (unpaired) electrons. The second kappa shape index (κ2) is 6.75. The average molecular weight is 306 g/mol. The number of anilines is 2. The van der Waals surface area contributed by atoms with Gasteiger partial charge >= 0.3 is 0 Å². The molecule has 122 valence electrons. The Balaban J connectivity index is 1.43. The number of fused-ring (bicyclic) bond motifs is 1. The van der Waals surface area contributed by atoms with E-state index in [2.05, 4.69) is 11.9 Å². The van der Waals surface area contributed by atoms with E-state index >= 15 is 0 Å². The summed E-state index contributed by atoms with van der Waals surface area (Å²) in [6.07, 6.45) is 2.73. The molecule has 2 aliphatic rings. The normalized spacial score (nSPS) is 19.8. The molecule has 0 spiro atoms. The lowest BCUT2D eigenvalue weighted by Gasteiger charge is -2.32. The summed E-state index contributed by atoms with van der Waals surface area (Å²) in [4.78, 5) is 2.32. The van der Waals surface area contributed by atoms with Gasteiger partial charge in [0, 0.05) is 31.1 Å². The van der Waals surface area contributed by atoms with Crippen LogP contribution in [0.5, 0.6) is 5.75 Å². The first kappa shape index (κ1) is 15.4. The van der Waals surface area contributed by atoms with Crippen molar-refractivity contribution in [2.45, 2.75) is 12.8 Å². The van der Waals surface area contributed by atoms with E-state index in [-0.39, 0.29) is 0 Å². The number of nitrogen functional groups attached to an aromatic ring is 1. The second-order valence-electron chi connectivity index (χ2n) is 6.67. The van der Waals surface area contributed by atoms with Gasteiger partial charge in [-0.3, -0.25) is 0 Å². The number of nitrogens with zero attached hydrogens (tertiary/aromatic N) is 2. The molecule has 2 N–H and O–H groups in total. The van der Waals surface area contributed by atoms with E-state index in [1.165, 1.54) is 30.4 Å². The summed E-state index contributed by atoms with van der Waals surface area (Å²) in [7, 11) is 2.35. The number of likely N-dealkylation sites (tertiary alicyclic amines) is 1. The van der Waals surface area contributed by atoms with Crippen LogP contribution < -0.4 is 15.4 Å². The minimum Gasteiger partial charge on any atom is -0.489 e. The minimum absolute atomic E-state index is 0.714. The second-order valence-corrected chi connectivity index (χ2v) is 6.67. The van der Waals surface area contributed by atoms with Gasteiger partial charge in [-0.15, -0.1) is 0 Å². The highest BCUT2D eigenvalue weighted by Crippen LogP contribution is 2.32. The van der Waals surface area contributed by atoms with Gasteiger partial charge in [-0.2, -0.15) is 0 Å². The molecule has 2 heterocycles. The van der Waals surface area contributed by atoms with Crippen LogP contribution in [0.15, 0.2) is 18.2 Å². The Bertz CT molecular complexity index is 501. The highest BCUT2D eigenvalue weighted by Gasteiger charge is 2.26. The summed E-state index contributed by atoms with van der Waals surface area (Å²) in [5, 5.41) is 0. The molecule has 1 saturated heterocycles. The van der Waals surface area contributed by atoms with E-state index < -0.39 is 0 Å². The monoisotopic (exact) mass is 306 g/mol. The smallest absolute Gasteiger partial charge is 0.144 e. The molecule has 0 amide bonds. The molecule has 3 rings (SSSR count). The van der Waals surface area contributed by atoms with Gasteiger partial charge in [0.05, 0.1) is 45.6 Å². The molecule has 0 bridgehead atoms. The number of hydrogen-bond acceptors (Lipinski definition) is 4. The van der Waals surface area contributed by atoms with Gasteiger partial charge in [0.2, 0.25) is 0 Å². The first-order valence-electron chi connectivity index (χ1n) is 8.35. The van der Waals surface area contributed by atoms with E-state index in [0.717, 1.165) is 50.0 Å². The third-order valence-corrected chi connectivity index (χ3v) is 4.87. The maximum atomic E-state index is 5.88. The lowest BCUT2D eigenvalue weighted by molar-refractivity contribution is -0.898. The van der Waals surface area contributed by atoms with Crippen LogP contribution in [0.2, 0.25) is 0 Å². The molecule has 1 aromatic rings. The summed E-state index contributed by atoms with van der Waals surface area (Å²) in [6.45, 7) is 7.90. The Labute approximate surface area is 133 Å². The summed E-state index contributed by atoms with van der Waals surface area (Å²) >= 11 is 0. The Hall–Kier alpha value is -1.46. The molecule has 0 aliphatic carbocycles. The van der Waals surface area contributed by atoms with Gasteiger partial charge in [-0.25, -0.2) is 0 Å². The van der Waals surface area contributed by atoms with Crippen LogP contribution in [0.3, 0.4) is 0 Å². The zero-order chi connectivity index (χ0) is 15.4.